The summed E-state index contributed by atoms with van der Waals surface area (Å²) in [5.74, 6) is 0.105. The Hall–Kier alpha value is -2.78. The topological polar surface area (TPSA) is 98.4 Å². The van der Waals surface area contributed by atoms with E-state index in [1.54, 1.807) is 31.3 Å². The molecular weight excluding hydrogens is 452 g/mol. The molecule has 146 valence electrons. The summed E-state index contributed by atoms with van der Waals surface area (Å²) in [6.45, 7) is 0.102. The molecule has 10 heteroatoms. The SMILES string of the molecule is CNC(=O)c1nn(C)cc1NC(=O)c1ccc(COc2ccc(Br)cc2Cl)o1. The summed E-state index contributed by atoms with van der Waals surface area (Å²) in [4.78, 5) is 24.3. The van der Waals surface area contributed by atoms with Crippen LogP contribution < -0.4 is 15.4 Å². The van der Waals surface area contributed by atoms with E-state index in [2.05, 4.69) is 31.7 Å². The van der Waals surface area contributed by atoms with E-state index in [1.807, 2.05) is 0 Å². The Morgan fingerprint density at radius 3 is 2.79 bits per heavy atom. The van der Waals surface area contributed by atoms with E-state index in [0.29, 0.717) is 16.5 Å². The van der Waals surface area contributed by atoms with Gasteiger partial charge in [-0.25, -0.2) is 0 Å². The summed E-state index contributed by atoms with van der Waals surface area (Å²) in [5.41, 5.74) is 0.390. The molecule has 3 rings (SSSR count). The number of hydrogen-bond acceptors (Lipinski definition) is 5. The van der Waals surface area contributed by atoms with Gasteiger partial charge in [0.1, 0.15) is 18.1 Å². The molecule has 0 saturated carbocycles. The Kier molecular flexibility index (Phi) is 6.05. The Balaban J connectivity index is 1.67. The van der Waals surface area contributed by atoms with Gasteiger partial charge in [-0.15, -0.1) is 0 Å². The number of hydrogen-bond donors (Lipinski definition) is 2. The van der Waals surface area contributed by atoms with Crippen LogP contribution >= 0.6 is 27.5 Å². The van der Waals surface area contributed by atoms with Gasteiger partial charge in [0.2, 0.25) is 0 Å². The van der Waals surface area contributed by atoms with E-state index in [-0.39, 0.29) is 23.7 Å². The average Bonchev–Trinajstić information content (AvgIpc) is 3.27. The van der Waals surface area contributed by atoms with E-state index in [9.17, 15) is 9.59 Å². The fraction of sp³-hybridized carbons (Fsp3) is 0.167. The second-order valence-corrected chi connectivity index (χ2v) is 7.05. The maximum absolute atomic E-state index is 12.4. The standard InChI is InChI=1S/C18H16BrClN4O4/c1-21-18(26)16-13(8-24(2)23-16)22-17(25)15-6-4-11(28-15)9-27-14-5-3-10(19)7-12(14)20/h3-8H,9H2,1-2H3,(H,21,26)(H,22,25). The van der Waals surface area contributed by atoms with Gasteiger partial charge in [0.25, 0.3) is 11.8 Å². The number of halogens is 2. The molecule has 0 aliphatic rings. The van der Waals surface area contributed by atoms with Crippen molar-refractivity contribution >= 4 is 45.0 Å². The van der Waals surface area contributed by atoms with Crippen molar-refractivity contribution in [2.45, 2.75) is 6.61 Å². The molecule has 3 aromatic rings. The number of benzene rings is 1. The van der Waals surface area contributed by atoms with Gasteiger partial charge in [0.05, 0.1) is 10.7 Å². The Labute approximate surface area is 173 Å². The zero-order valence-electron chi connectivity index (χ0n) is 15.0. The zero-order valence-corrected chi connectivity index (χ0v) is 17.3. The molecule has 0 unspecified atom stereocenters. The van der Waals surface area contributed by atoms with Gasteiger partial charge >= 0.3 is 0 Å². The molecule has 0 saturated heterocycles. The lowest BCUT2D eigenvalue weighted by Crippen LogP contribution is -2.21. The highest BCUT2D eigenvalue weighted by Crippen LogP contribution is 2.28. The van der Waals surface area contributed by atoms with Crippen LogP contribution in [0, 0.1) is 0 Å². The molecular formula is C18H16BrClN4O4. The third-order valence-electron chi connectivity index (χ3n) is 3.67. The number of aryl methyl sites for hydroxylation is 1. The van der Waals surface area contributed by atoms with Gasteiger partial charge < -0.3 is 19.8 Å². The fourth-order valence-electron chi connectivity index (χ4n) is 2.37. The first-order valence-corrected chi connectivity index (χ1v) is 9.28. The molecule has 0 bridgehead atoms. The van der Waals surface area contributed by atoms with Crippen molar-refractivity contribution < 1.29 is 18.7 Å². The third-order valence-corrected chi connectivity index (χ3v) is 4.46. The lowest BCUT2D eigenvalue weighted by Gasteiger charge is -2.06. The van der Waals surface area contributed by atoms with Crippen LogP contribution in [0.2, 0.25) is 5.02 Å². The molecule has 1 aromatic carbocycles. The van der Waals surface area contributed by atoms with E-state index in [4.69, 9.17) is 20.8 Å². The van der Waals surface area contributed by atoms with Crippen LogP contribution in [-0.2, 0) is 13.7 Å². The highest BCUT2D eigenvalue weighted by molar-refractivity contribution is 9.10. The Bertz CT molecular complexity index is 1030. The van der Waals surface area contributed by atoms with Crippen LogP contribution in [-0.4, -0.2) is 28.6 Å². The van der Waals surface area contributed by atoms with Crippen molar-refractivity contribution in [2.75, 3.05) is 12.4 Å². The molecule has 0 aliphatic carbocycles. The smallest absolute Gasteiger partial charge is 0.291 e. The van der Waals surface area contributed by atoms with Crippen LogP contribution in [0.15, 0.2) is 45.4 Å². The van der Waals surface area contributed by atoms with Crippen molar-refractivity contribution in [1.82, 2.24) is 15.1 Å². The quantitative estimate of drug-likeness (QED) is 0.577. The number of aromatic nitrogens is 2. The Morgan fingerprint density at radius 1 is 1.29 bits per heavy atom. The maximum atomic E-state index is 12.4. The highest BCUT2D eigenvalue weighted by atomic mass is 79.9. The number of ether oxygens (including phenoxy) is 1. The summed E-state index contributed by atoms with van der Waals surface area (Å²) in [6.07, 6.45) is 1.53. The number of furan rings is 1. The molecule has 0 atom stereocenters. The maximum Gasteiger partial charge on any atom is 0.291 e. The van der Waals surface area contributed by atoms with E-state index < -0.39 is 11.8 Å². The molecule has 2 amide bonds. The number of carbonyl (C=O) groups is 2. The minimum atomic E-state index is -0.508. The molecule has 0 radical (unpaired) electrons. The number of carbonyl (C=O) groups excluding carboxylic acids is 2. The predicted molar refractivity (Wildman–Crippen MR) is 107 cm³/mol. The fourth-order valence-corrected chi connectivity index (χ4v) is 3.10. The lowest BCUT2D eigenvalue weighted by atomic mass is 10.3. The first kappa shape index (κ1) is 20.0. The van der Waals surface area contributed by atoms with Gasteiger partial charge in [-0.1, -0.05) is 27.5 Å². The summed E-state index contributed by atoms with van der Waals surface area (Å²) in [6, 6.07) is 8.40. The van der Waals surface area contributed by atoms with Crippen LogP contribution in [0.5, 0.6) is 5.75 Å². The van der Waals surface area contributed by atoms with Crippen molar-refractivity contribution in [3.63, 3.8) is 0 Å². The molecule has 2 aromatic heterocycles. The second-order valence-electron chi connectivity index (χ2n) is 5.73. The van der Waals surface area contributed by atoms with E-state index in [1.165, 1.54) is 24.0 Å². The first-order valence-electron chi connectivity index (χ1n) is 8.11. The molecule has 0 aliphatic heterocycles. The molecule has 8 nitrogen and oxygen atoms in total. The van der Waals surface area contributed by atoms with Crippen LogP contribution in [0.4, 0.5) is 5.69 Å². The summed E-state index contributed by atoms with van der Waals surface area (Å²) < 4.78 is 13.4. The van der Waals surface area contributed by atoms with E-state index in [0.717, 1.165) is 4.47 Å². The Morgan fingerprint density at radius 2 is 2.07 bits per heavy atom. The number of anilines is 1. The van der Waals surface area contributed by atoms with Gasteiger partial charge in [0.15, 0.2) is 11.5 Å². The molecule has 0 spiro atoms. The summed E-state index contributed by atoms with van der Waals surface area (Å²) in [5, 5.41) is 9.58. The highest BCUT2D eigenvalue weighted by Gasteiger charge is 2.19. The normalized spacial score (nSPS) is 10.6. The third kappa shape index (κ3) is 4.55. The second kappa shape index (κ2) is 8.49. The van der Waals surface area contributed by atoms with Gasteiger partial charge in [-0.05, 0) is 30.3 Å². The molecule has 2 heterocycles. The van der Waals surface area contributed by atoms with Crippen LogP contribution in [0.25, 0.3) is 0 Å². The number of nitrogens with zero attached hydrogens (tertiary/aromatic N) is 2. The minimum Gasteiger partial charge on any atom is -0.484 e. The van der Waals surface area contributed by atoms with Crippen LogP contribution in [0.1, 0.15) is 26.8 Å². The molecule has 2 N–H and O–H groups in total. The largest absolute Gasteiger partial charge is 0.484 e. The minimum absolute atomic E-state index is 0.0761. The zero-order chi connectivity index (χ0) is 20.3. The van der Waals surface area contributed by atoms with E-state index >= 15 is 0 Å². The molecule has 0 fully saturated rings. The van der Waals surface area contributed by atoms with Crippen molar-refractivity contribution in [2.24, 2.45) is 7.05 Å². The lowest BCUT2D eigenvalue weighted by molar-refractivity contribution is 0.0958. The average molecular weight is 468 g/mol. The van der Waals surface area contributed by atoms with Crippen LogP contribution in [0.3, 0.4) is 0 Å². The number of nitrogens with one attached hydrogen (secondary N) is 2. The van der Waals surface area contributed by atoms with Gasteiger partial charge in [-0.2, -0.15) is 5.10 Å². The van der Waals surface area contributed by atoms with Gasteiger partial charge in [0, 0.05) is 24.8 Å². The first-order chi connectivity index (χ1) is 13.4. The van der Waals surface area contributed by atoms with Gasteiger partial charge in [-0.3, -0.25) is 14.3 Å². The summed E-state index contributed by atoms with van der Waals surface area (Å²) in [7, 11) is 3.14. The van der Waals surface area contributed by atoms with Crippen molar-refractivity contribution in [1.29, 1.82) is 0 Å². The number of rotatable bonds is 6. The molecule has 28 heavy (non-hydrogen) atoms. The predicted octanol–water partition coefficient (Wildman–Crippen LogP) is 3.62. The summed E-state index contributed by atoms with van der Waals surface area (Å²) >= 11 is 9.43. The van der Waals surface area contributed by atoms with Crippen molar-refractivity contribution in [3.8, 4) is 5.75 Å². The van der Waals surface area contributed by atoms with Crippen molar-refractivity contribution in [3.05, 3.63) is 63.2 Å². The monoisotopic (exact) mass is 466 g/mol. The number of amides is 2.